The molecule has 1 aromatic carbocycles. The number of carbonyl (C=O) groups excluding carboxylic acids is 2. The zero-order chi connectivity index (χ0) is 13.5. The van der Waals surface area contributed by atoms with Crippen molar-refractivity contribution in [2.24, 2.45) is 0 Å². The van der Waals surface area contributed by atoms with Crippen molar-refractivity contribution >= 4 is 12.0 Å². The highest BCUT2D eigenvalue weighted by molar-refractivity contribution is 5.78. The SMILES string of the molecule is O=C(Cc1ccccc1)NCCCN1CCOC1=O. The summed E-state index contributed by atoms with van der Waals surface area (Å²) in [5.74, 6) is 0.00944. The molecule has 0 radical (unpaired) electrons. The minimum Gasteiger partial charge on any atom is -0.448 e. The molecule has 2 amide bonds. The van der Waals surface area contributed by atoms with Crippen molar-refractivity contribution in [3.05, 3.63) is 35.9 Å². The molecule has 5 nitrogen and oxygen atoms in total. The zero-order valence-electron chi connectivity index (χ0n) is 10.8. The molecule has 0 saturated carbocycles. The fourth-order valence-electron chi connectivity index (χ4n) is 1.97. The van der Waals surface area contributed by atoms with Crippen LogP contribution in [-0.2, 0) is 16.0 Å². The minimum atomic E-state index is -0.254. The number of ether oxygens (including phenoxy) is 1. The molecule has 1 aliphatic rings. The third kappa shape index (κ3) is 4.28. The van der Waals surface area contributed by atoms with Crippen molar-refractivity contribution in [1.82, 2.24) is 10.2 Å². The second kappa shape index (κ2) is 6.78. The molecular weight excluding hydrogens is 244 g/mol. The molecule has 1 fully saturated rings. The smallest absolute Gasteiger partial charge is 0.409 e. The van der Waals surface area contributed by atoms with Gasteiger partial charge in [-0.3, -0.25) is 4.79 Å². The Morgan fingerprint density at radius 3 is 2.79 bits per heavy atom. The number of nitrogens with zero attached hydrogens (tertiary/aromatic N) is 1. The molecule has 0 aliphatic carbocycles. The van der Waals surface area contributed by atoms with Crippen LogP contribution in [0.3, 0.4) is 0 Å². The van der Waals surface area contributed by atoms with Gasteiger partial charge in [-0.25, -0.2) is 4.79 Å². The summed E-state index contributed by atoms with van der Waals surface area (Å²) in [5, 5.41) is 2.85. The second-order valence-electron chi connectivity index (χ2n) is 4.47. The molecular formula is C14H18N2O3. The van der Waals surface area contributed by atoms with Crippen molar-refractivity contribution in [2.45, 2.75) is 12.8 Å². The largest absolute Gasteiger partial charge is 0.448 e. The van der Waals surface area contributed by atoms with Gasteiger partial charge in [0, 0.05) is 13.1 Å². The van der Waals surface area contributed by atoms with E-state index in [1.165, 1.54) is 0 Å². The highest BCUT2D eigenvalue weighted by atomic mass is 16.6. The van der Waals surface area contributed by atoms with E-state index in [4.69, 9.17) is 4.74 Å². The van der Waals surface area contributed by atoms with Gasteiger partial charge in [-0.05, 0) is 12.0 Å². The second-order valence-corrected chi connectivity index (χ2v) is 4.47. The van der Waals surface area contributed by atoms with E-state index in [9.17, 15) is 9.59 Å². The van der Waals surface area contributed by atoms with Crippen molar-refractivity contribution in [2.75, 3.05) is 26.2 Å². The Morgan fingerprint density at radius 2 is 2.11 bits per heavy atom. The van der Waals surface area contributed by atoms with Gasteiger partial charge in [0.25, 0.3) is 0 Å². The number of hydrogen-bond donors (Lipinski definition) is 1. The molecule has 1 aromatic rings. The normalized spacial score (nSPS) is 14.3. The summed E-state index contributed by atoms with van der Waals surface area (Å²) < 4.78 is 4.82. The Labute approximate surface area is 112 Å². The summed E-state index contributed by atoms with van der Waals surface area (Å²) in [6.07, 6.45) is 0.887. The fraction of sp³-hybridized carbons (Fsp3) is 0.429. The van der Waals surface area contributed by atoms with E-state index in [2.05, 4.69) is 5.32 Å². The number of hydrogen-bond acceptors (Lipinski definition) is 3. The molecule has 2 rings (SSSR count). The lowest BCUT2D eigenvalue weighted by molar-refractivity contribution is -0.120. The molecule has 5 heteroatoms. The third-order valence-electron chi connectivity index (χ3n) is 2.98. The van der Waals surface area contributed by atoms with Gasteiger partial charge < -0.3 is 15.0 Å². The molecule has 1 aliphatic heterocycles. The summed E-state index contributed by atoms with van der Waals surface area (Å²) in [6, 6.07) is 9.62. The number of rotatable bonds is 6. The Balaban J connectivity index is 1.60. The highest BCUT2D eigenvalue weighted by Gasteiger charge is 2.20. The first kappa shape index (κ1) is 13.4. The van der Waals surface area contributed by atoms with Crippen LogP contribution in [0.4, 0.5) is 4.79 Å². The van der Waals surface area contributed by atoms with E-state index in [1.807, 2.05) is 30.3 Å². The molecule has 0 unspecified atom stereocenters. The van der Waals surface area contributed by atoms with Gasteiger partial charge in [0.1, 0.15) is 6.61 Å². The predicted octanol–water partition coefficient (Wildman–Crippen LogP) is 1.19. The van der Waals surface area contributed by atoms with Crippen molar-refractivity contribution in [3.8, 4) is 0 Å². The molecule has 1 heterocycles. The summed E-state index contributed by atoms with van der Waals surface area (Å²) >= 11 is 0. The van der Waals surface area contributed by atoms with Gasteiger partial charge in [-0.2, -0.15) is 0 Å². The van der Waals surface area contributed by atoms with Gasteiger partial charge in [-0.15, -0.1) is 0 Å². The molecule has 0 aromatic heterocycles. The summed E-state index contributed by atoms with van der Waals surface area (Å²) in [7, 11) is 0. The molecule has 0 atom stereocenters. The topological polar surface area (TPSA) is 58.6 Å². The average Bonchev–Trinajstić information content (AvgIpc) is 2.81. The highest BCUT2D eigenvalue weighted by Crippen LogP contribution is 2.03. The number of amides is 2. The number of cyclic esters (lactones) is 1. The maximum absolute atomic E-state index is 11.7. The van der Waals surface area contributed by atoms with E-state index >= 15 is 0 Å². The number of carbonyl (C=O) groups is 2. The average molecular weight is 262 g/mol. The Bertz CT molecular complexity index is 434. The first-order chi connectivity index (χ1) is 9.25. The van der Waals surface area contributed by atoms with Crippen LogP contribution in [-0.4, -0.2) is 43.1 Å². The van der Waals surface area contributed by atoms with E-state index in [0.29, 0.717) is 32.7 Å². The van der Waals surface area contributed by atoms with Gasteiger partial charge in [0.05, 0.1) is 13.0 Å². The first-order valence-electron chi connectivity index (χ1n) is 6.48. The standard InChI is InChI=1S/C14H18N2O3/c17-13(11-12-5-2-1-3-6-12)15-7-4-8-16-9-10-19-14(16)18/h1-3,5-6H,4,7-11H2,(H,15,17). The van der Waals surface area contributed by atoms with Crippen LogP contribution in [0, 0.1) is 0 Å². The van der Waals surface area contributed by atoms with Crippen LogP contribution < -0.4 is 5.32 Å². The first-order valence-corrected chi connectivity index (χ1v) is 6.48. The maximum Gasteiger partial charge on any atom is 0.409 e. The van der Waals surface area contributed by atoms with Gasteiger partial charge >= 0.3 is 6.09 Å². The Hall–Kier alpha value is -2.04. The van der Waals surface area contributed by atoms with Gasteiger partial charge in [-0.1, -0.05) is 30.3 Å². The summed E-state index contributed by atoms with van der Waals surface area (Å²) in [4.78, 5) is 24.5. The van der Waals surface area contributed by atoms with Crippen LogP contribution in [0.25, 0.3) is 0 Å². The Morgan fingerprint density at radius 1 is 1.32 bits per heavy atom. The molecule has 1 N–H and O–H groups in total. The van der Waals surface area contributed by atoms with E-state index < -0.39 is 0 Å². The molecule has 1 saturated heterocycles. The Kier molecular flexibility index (Phi) is 4.78. The van der Waals surface area contributed by atoms with Gasteiger partial charge in [0.2, 0.25) is 5.91 Å². The minimum absolute atomic E-state index is 0.00944. The van der Waals surface area contributed by atoms with Crippen molar-refractivity contribution < 1.29 is 14.3 Å². The van der Waals surface area contributed by atoms with Crippen LogP contribution in [0.15, 0.2) is 30.3 Å². The molecule has 102 valence electrons. The fourth-order valence-corrected chi connectivity index (χ4v) is 1.97. The maximum atomic E-state index is 11.7. The van der Waals surface area contributed by atoms with Crippen molar-refractivity contribution in [3.63, 3.8) is 0 Å². The molecule has 19 heavy (non-hydrogen) atoms. The van der Waals surface area contributed by atoms with E-state index in [1.54, 1.807) is 4.90 Å². The zero-order valence-corrected chi connectivity index (χ0v) is 10.8. The van der Waals surface area contributed by atoms with Crippen molar-refractivity contribution in [1.29, 1.82) is 0 Å². The molecule has 0 spiro atoms. The lowest BCUT2D eigenvalue weighted by Crippen LogP contribution is -2.31. The number of nitrogens with one attached hydrogen (secondary N) is 1. The number of benzene rings is 1. The quantitative estimate of drug-likeness (QED) is 0.783. The summed E-state index contributed by atoms with van der Waals surface area (Å²) in [5.41, 5.74) is 1.00. The van der Waals surface area contributed by atoms with Crippen LogP contribution in [0.2, 0.25) is 0 Å². The summed E-state index contributed by atoms with van der Waals surface area (Å²) in [6.45, 7) is 2.33. The predicted molar refractivity (Wildman–Crippen MR) is 70.7 cm³/mol. The van der Waals surface area contributed by atoms with Gasteiger partial charge in [0.15, 0.2) is 0 Å². The van der Waals surface area contributed by atoms with Crippen LogP contribution >= 0.6 is 0 Å². The lowest BCUT2D eigenvalue weighted by atomic mass is 10.1. The van der Waals surface area contributed by atoms with E-state index in [0.717, 1.165) is 12.0 Å². The van der Waals surface area contributed by atoms with Crippen LogP contribution in [0.1, 0.15) is 12.0 Å². The monoisotopic (exact) mass is 262 g/mol. The van der Waals surface area contributed by atoms with Crippen LogP contribution in [0.5, 0.6) is 0 Å². The molecule has 0 bridgehead atoms. The lowest BCUT2D eigenvalue weighted by Gasteiger charge is -2.12. The van der Waals surface area contributed by atoms with E-state index in [-0.39, 0.29) is 12.0 Å². The third-order valence-corrected chi connectivity index (χ3v) is 2.98.